The van der Waals surface area contributed by atoms with Gasteiger partial charge in [0.1, 0.15) is 0 Å². The first kappa shape index (κ1) is 13.7. The van der Waals surface area contributed by atoms with Gasteiger partial charge in [-0.3, -0.25) is 0 Å². The lowest BCUT2D eigenvalue weighted by Gasteiger charge is -2.15. The van der Waals surface area contributed by atoms with Gasteiger partial charge >= 0.3 is 0 Å². The summed E-state index contributed by atoms with van der Waals surface area (Å²) in [5.41, 5.74) is 0. The van der Waals surface area contributed by atoms with Gasteiger partial charge in [0, 0.05) is 19.2 Å². The van der Waals surface area contributed by atoms with Crippen LogP contribution in [0.15, 0.2) is 0 Å². The number of hydrogen-bond donors (Lipinski definition) is 2. The fourth-order valence-corrected chi connectivity index (χ4v) is 2.17. The van der Waals surface area contributed by atoms with Crippen LogP contribution in [-0.2, 0) is 4.74 Å². The van der Waals surface area contributed by atoms with Crippen LogP contribution in [0, 0.1) is 0 Å². The fourth-order valence-electron chi connectivity index (χ4n) is 1.90. The van der Waals surface area contributed by atoms with Crippen LogP contribution in [-0.4, -0.2) is 30.4 Å². The van der Waals surface area contributed by atoms with Crippen molar-refractivity contribution in [3.05, 3.63) is 0 Å². The Bertz CT molecular complexity index is 203. The molecule has 0 amide bonds. The highest BCUT2D eigenvalue weighted by atomic mass is 32.1. The first-order valence-electron chi connectivity index (χ1n) is 6.34. The SMILES string of the molecule is CC(C)OCCCNC(=S)NC1CCCC1. The first-order valence-corrected chi connectivity index (χ1v) is 6.75. The van der Waals surface area contributed by atoms with Crippen molar-refractivity contribution >= 4 is 17.3 Å². The molecule has 0 heterocycles. The minimum Gasteiger partial charge on any atom is -0.379 e. The molecule has 0 atom stereocenters. The Morgan fingerprint density at radius 2 is 2.06 bits per heavy atom. The van der Waals surface area contributed by atoms with Crippen molar-refractivity contribution in [3.63, 3.8) is 0 Å². The van der Waals surface area contributed by atoms with E-state index < -0.39 is 0 Å². The third kappa shape index (κ3) is 6.28. The van der Waals surface area contributed by atoms with Gasteiger partial charge in [-0.15, -0.1) is 0 Å². The molecular formula is C12H24N2OS. The molecule has 0 aromatic rings. The largest absolute Gasteiger partial charge is 0.379 e. The first-order chi connectivity index (χ1) is 7.68. The van der Waals surface area contributed by atoms with E-state index in [0.29, 0.717) is 12.1 Å². The van der Waals surface area contributed by atoms with Gasteiger partial charge in [0.25, 0.3) is 0 Å². The minimum atomic E-state index is 0.323. The molecule has 0 aromatic carbocycles. The van der Waals surface area contributed by atoms with E-state index in [2.05, 4.69) is 24.5 Å². The summed E-state index contributed by atoms with van der Waals surface area (Å²) in [7, 11) is 0. The number of rotatable bonds is 6. The molecule has 1 fully saturated rings. The summed E-state index contributed by atoms with van der Waals surface area (Å²) >= 11 is 5.23. The van der Waals surface area contributed by atoms with Crippen molar-refractivity contribution in [2.24, 2.45) is 0 Å². The molecule has 0 radical (unpaired) electrons. The van der Waals surface area contributed by atoms with Crippen molar-refractivity contribution < 1.29 is 4.74 Å². The maximum absolute atomic E-state index is 5.45. The molecule has 0 aliphatic heterocycles. The van der Waals surface area contributed by atoms with Gasteiger partial charge in [-0.05, 0) is 45.3 Å². The molecule has 16 heavy (non-hydrogen) atoms. The molecular weight excluding hydrogens is 220 g/mol. The average Bonchev–Trinajstić information content (AvgIpc) is 2.69. The van der Waals surface area contributed by atoms with E-state index in [1.54, 1.807) is 0 Å². The van der Waals surface area contributed by atoms with Crippen molar-refractivity contribution in [1.29, 1.82) is 0 Å². The molecule has 94 valence electrons. The molecule has 0 saturated heterocycles. The maximum atomic E-state index is 5.45. The monoisotopic (exact) mass is 244 g/mol. The zero-order valence-electron chi connectivity index (χ0n) is 10.4. The Hall–Kier alpha value is -0.350. The van der Waals surface area contributed by atoms with E-state index in [9.17, 15) is 0 Å². The van der Waals surface area contributed by atoms with Crippen molar-refractivity contribution in [3.8, 4) is 0 Å². The third-order valence-electron chi connectivity index (χ3n) is 2.75. The molecule has 0 unspecified atom stereocenters. The van der Waals surface area contributed by atoms with E-state index in [1.165, 1.54) is 25.7 Å². The second-order valence-electron chi connectivity index (χ2n) is 4.65. The van der Waals surface area contributed by atoms with E-state index in [-0.39, 0.29) is 0 Å². The van der Waals surface area contributed by atoms with E-state index in [4.69, 9.17) is 17.0 Å². The normalized spacial score (nSPS) is 16.7. The predicted octanol–water partition coefficient (Wildman–Crippen LogP) is 2.21. The van der Waals surface area contributed by atoms with Crippen molar-refractivity contribution in [2.75, 3.05) is 13.2 Å². The lowest BCUT2D eigenvalue weighted by Crippen LogP contribution is -2.41. The number of nitrogens with one attached hydrogen (secondary N) is 2. The van der Waals surface area contributed by atoms with Gasteiger partial charge in [0.2, 0.25) is 0 Å². The molecule has 1 rings (SSSR count). The zero-order chi connectivity index (χ0) is 11.8. The zero-order valence-corrected chi connectivity index (χ0v) is 11.2. The Kier molecular flexibility index (Phi) is 6.73. The van der Waals surface area contributed by atoms with Gasteiger partial charge in [-0.1, -0.05) is 12.8 Å². The van der Waals surface area contributed by atoms with E-state index >= 15 is 0 Å². The summed E-state index contributed by atoms with van der Waals surface area (Å²) < 4.78 is 5.45. The van der Waals surface area contributed by atoms with Crippen LogP contribution in [0.4, 0.5) is 0 Å². The highest BCUT2D eigenvalue weighted by Gasteiger charge is 2.14. The van der Waals surface area contributed by atoms with Gasteiger partial charge in [-0.2, -0.15) is 0 Å². The Morgan fingerprint density at radius 1 is 1.38 bits per heavy atom. The minimum absolute atomic E-state index is 0.323. The molecule has 2 N–H and O–H groups in total. The number of ether oxygens (including phenoxy) is 1. The standard InChI is InChI=1S/C12H24N2OS/c1-10(2)15-9-5-8-13-12(16)14-11-6-3-4-7-11/h10-11H,3-9H2,1-2H3,(H2,13,14,16). The smallest absolute Gasteiger partial charge is 0.166 e. The van der Waals surface area contributed by atoms with Crippen LogP contribution in [0.25, 0.3) is 0 Å². The van der Waals surface area contributed by atoms with E-state index in [0.717, 1.165) is 24.7 Å². The second-order valence-corrected chi connectivity index (χ2v) is 5.06. The Balaban J connectivity index is 1.93. The maximum Gasteiger partial charge on any atom is 0.166 e. The summed E-state index contributed by atoms with van der Waals surface area (Å²) in [5.74, 6) is 0. The molecule has 0 bridgehead atoms. The molecule has 3 nitrogen and oxygen atoms in total. The van der Waals surface area contributed by atoms with Crippen LogP contribution in [0.5, 0.6) is 0 Å². The van der Waals surface area contributed by atoms with Gasteiger partial charge in [-0.25, -0.2) is 0 Å². The van der Waals surface area contributed by atoms with Crippen LogP contribution in [0.2, 0.25) is 0 Å². The third-order valence-corrected chi connectivity index (χ3v) is 3.01. The highest BCUT2D eigenvalue weighted by molar-refractivity contribution is 7.80. The number of thiocarbonyl (C=S) groups is 1. The summed E-state index contributed by atoms with van der Waals surface area (Å²) in [6, 6.07) is 0.604. The molecule has 1 aliphatic carbocycles. The topological polar surface area (TPSA) is 33.3 Å². The molecule has 0 aromatic heterocycles. The van der Waals surface area contributed by atoms with Crippen LogP contribution < -0.4 is 10.6 Å². The summed E-state index contributed by atoms with van der Waals surface area (Å²) in [6.45, 7) is 5.81. The summed E-state index contributed by atoms with van der Waals surface area (Å²) in [6.07, 6.45) is 6.52. The summed E-state index contributed by atoms with van der Waals surface area (Å²) in [5, 5.41) is 7.38. The molecule has 4 heteroatoms. The van der Waals surface area contributed by atoms with Gasteiger partial charge in [0.15, 0.2) is 5.11 Å². The van der Waals surface area contributed by atoms with Crippen LogP contribution >= 0.6 is 12.2 Å². The molecule has 0 spiro atoms. The highest BCUT2D eigenvalue weighted by Crippen LogP contribution is 2.17. The lowest BCUT2D eigenvalue weighted by atomic mass is 10.3. The molecule has 1 saturated carbocycles. The van der Waals surface area contributed by atoms with Crippen molar-refractivity contribution in [2.45, 2.75) is 58.1 Å². The number of hydrogen-bond acceptors (Lipinski definition) is 2. The molecule has 1 aliphatic rings. The van der Waals surface area contributed by atoms with Gasteiger partial charge in [0.05, 0.1) is 6.10 Å². The Labute approximate surface area is 104 Å². The predicted molar refractivity (Wildman–Crippen MR) is 71.7 cm³/mol. The Morgan fingerprint density at radius 3 is 2.69 bits per heavy atom. The second kappa shape index (κ2) is 7.85. The van der Waals surface area contributed by atoms with Crippen LogP contribution in [0.1, 0.15) is 46.0 Å². The lowest BCUT2D eigenvalue weighted by molar-refractivity contribution is 0.0777. The summed E-state index contributed by atoms with van der Waals surface area (Å²) in [4.78, 5) is 0. The fraction of sp³-hybridized carbons (Fsp3) is 0.917. The van der Waals surface area contributed by atoms with Crippen molar-refractivity contribution in [1.82, 2.24) is 10.6 Å². The average molecular weight is 244 g/mol. The van der Waals surface area contributed by atoms with Crippen LogP contribution in [0.3, 0.4) is 0 Å². The van der Waals surface area contributed by atoms with Gasteiger partial charge < -0.3 is 15.4 Å². The van der Waals surface area contributed by atoms with E-state index in [1.807, 2.05) is 0 Å². The quantitative estimate of drug-likeness (QED) is 0.554.